The van der Waals surface area contributed by atoms with Crippen LogP contribution in [-0.2, 0) is 24.1 Å². The van der Waals surface area contributed by atoms with Crippen LogP contribution in [0.2, 0.25) is 0 Å². The van der Waals surface area contributed by atoms with Crippen LogP contribution in [0.5, 0.6) is 0 Å². The van der Waals surface area contributed by atoms with E-state index in [2.05, 4.69) is 21.2 Å². The van der Waals surface area contributed by atoms with Gasteiger partial charge in [-0.1, -0.05) is 64.5 Å². The molecule has 1 heterocycles. The van der Waals surface area contributed by atoms with Crippen LogP contribution in [0.25, 0.3) is 0 Å². The number of carbonyl (C=O) groups excluding carboxylic acids is 3. The number of halogens is 3. The predicted molar refractivity (Wildman–Crippen MR) is 147 cm³/mol. The van der Waals surface area contributed by atoms with E-state index >= 15 is 0 Å². The molecule has 5 nitrogen and oxygen atoms in total. The van der Waals surface area contributed by atoms with Crippen LogP contribution < -0.4 is 5.32 Å². The van der Waals surface area contributed by atoms with Crippen LogP contribution in [-0.4, -0.2) is 29.2 Å². The number of imide groups is 1. The minimum absolute atomic E-state index is 0.0318. The first-order chi connectivity index (χ1) is 17.6. The molecule has 3 aromatic rings. The number of amides is 3. The third-order valence-electron chi connectivity index (χ3n) is 8.02. The summed E-state index contributed by atoms with van der Waals surface area (Å²) in [7, 11) is 0. The number of anilines is 1. The number of benzene rings is 3. The maximum absolute atomic E-state index is 13.8. The minimum Gasteiger partial charge on any atom is -0.326 e. The van der Waals surface area contributed by atoms with E-state index in [4.69, 9.17) is 23.2 Å². The average Bonchev–Trinajstić information content (AvgIpc) is 3.15. The van der Waals surface area contributed by atoms with Gasteiger partial charge in [0.1, 0.15) is 9.75 Å². The maximum atomic E-state index is 13.8. The van der Waals surface area contributed by atoms with Gasteiger partial charge in [0, 0.05) is 23.1 Å². The van der Waals surface area contributed by atoms with Crippen LogP contribution in [0.1, 0.15) is 39.8 Å². The first-order valence-corrected chi connectivity index (χ1v) is 13.6. The maximum Gasteiger partial charge on any atom is 0.235 e. The van der Waals surface area contributed by atoms with E-state index in [1.165, 1.54) is 4.90 Å². The Labute approximate surface area is 233 Å². The van der Waals surface area contributed by atoms with Crippen LogP contribution in [0, 0.1) is 25.7 Å². The highest BCUT2D eigenvalue weighted by atomic mass is 79.9. The summed E-state index contributed by atoms with van der Waals surface area (Å²) in [6.45, 7) is 3.80. The van der Waals surface area contributed by atoms with E-state index in [-0.39, 0.29) is 30.7 Å². The fourth-order valence-electron chi connectivity index (χ4n) is 6.29. The zero-order valence-electron chi connectivity index (χ0n) is 20.1. The van der Waals surface area contributed by atoms with Crippen molar-refractivity contribution in [2.75, 3.05) is 11.9 Å². The summed E-state index contributed by atoms with van der Waals surface area (Å²) in [5.41, 5.74) is 5.63. The van der Waals surface area contributed by atoms with Gasteiger partial charge in [0.05, 0.1) is 11.8 Å². The second-order valence-electron chi connectivity index (χ2n) is 10.0. The number of nitrogens with one attached hydrogen (secondary N) is 1. The summed E-state index contributed by atoms with van der Waals surface area (Å²) < 4.78 is 0.959. The van der Waals surface area contributed by atoms with E-state index < -0.39 is 21.6 Å². The van der Waals surface area contributed by atoms with Gasteiger partial charge >= 0.3 is 0 Å². The Kier molecular flexibility index (Phi) is 5.61. The first kappa shape index (κ1) is 24.7. The molecule has 37 heavy (non-hydrogen) atoms. The fraction of sp³-hybridized carbons (Fsp3) is 0.276. The number of hydrogen-bond donors (Lipinski definition) is 1. The number of likely N-dealkylation sites (tertiary alicyclic amines) is 1. The number of hydrogen-bond acceptors (Lipinski definition) is 3. The molecular formula is C29H23BrCl2N2O3. The summed E-state index contributed by atoms with van der Waals surface area (Å²) in [5, 5.41) is 2.91. The highest BCUT2D eigenvalue weighted by molar-refractivity contribution is 9.10. The lowest BCUT2D eigenvalue weighted by atomic mass is 9.54. The summed E-state index contributed by atoms with van der Waals surface area (Å²) in [4.78, 5) is 39.3. The van der Waals surface area contributed by atoms with Gasteiger partial charge in [0.25, 0.3) is 0 Å². The Morgan fingerprint density at radius 1 is 0.865 bits per heavy atom. The molecule has 4 aliphatic rings. The number of carbonyl (C=O) groups is 3. The molecule has 0 spiro atoms. The van der Waals surface area contributed by atoms with Crippen molar-refractivity contribution < 1.29 is 14.4 Å². The van der Waals surface area contributed by atoms with Gasteiger partial charge in [0.15, 0.2) is 0 Å². The molecule has 188 valence electrons. The molecule has 7 rings (SSSR count). The topological polar surface area (TPSA) is 66.5 Å². The lowest BCUT2D eigenvalue weighted by Gasteiger charge is -2.54. The molecule has 0 aromatic heterocycles. The average molecular weight is 598 g/mol. The van der Waals surface area contributed by atoms with E-state index in [1.54, 1.807) is 0 Å². The molecule has 2 atom stereocenters. The van der Waals surface area contributed by atoms with Gasteiger partial charge in [0.2, 0.25) is 17.7 Å². The standard InChI is InChI=1S/C29H23BrCl2N2O3/c1-15-14-22(16(2)13-21(15)30)33-23(35)11-12-34-26(36)24-25(27(34)37)29(32)18-8-4-3-7-17(18)28(24,31)19-9-5-6-10-20(19)29/h3-10,13-14,24-25H,11-12H2,1-2H3,(H,33,35)/t24-,25-,28?,29?/m1/s1. The molecule has 1 aliphatic heterocycles. The SMILES string of the molecule is Cc1cc(NC(=O)CCN2C(=O)[C@H]3[C@H](C2=O)C2(Cl)c4ccccc4C3(Cl)c3ccccc32)c(C)cc1Br. The van der Waals surface area contributed by atoms with E-state index in [9.17, 15) is 14.4 Å². The molecule has 0 saturated carbocycles. The number of aryl methyl sites for hydroxylation is 2. The van der Waals surface area contributed by atoms with E-state index in [0.717, 1.165) is 37.9 Å². The quantitative estimate of drug-likeness (QED) is 0.297. The lowest BCUT2D eigenvalue weighted by Crippen LogP contribution is -2.57. The molecule has 8 heteroatoms. The molecular weight excluding hydrogens is 575 g/mol. The Morgan fingerprint density at radius 3 is 1.78 bits per heavy atom. The molecule has 3 aromatic carbocycles. The minimum atomic E-state index is -1.22. The van der Waals surface area contributed by atoms with Crippen molar-refractivity contribution in [1.29, 1.82) is 0 Å². The second kappa shape index (κ2) is 8.42. The molecule has 3 aliphatic carbocycles. The fourth-order valence-corrected chi connectivity index (χ4v) is 7.84. The molecule has 0 radical (unpaired) electrons. The third-order valence-corrected chi connectivity index (χ3v) is 10.2. The van der Waals surface area contributed by atoms with Crippen LogP contribution in [0.15, 0.2) is 65.1 Å². The summed E-state index contributed by atoms with van der Waals surface area (Å²) in [6, 6.07) is 18.9. The zero-order valence-corrected chi connectivity index (χ0v) is 23.2. The Bertz CT molecular complexity index is 1400. The predicted octanol–water partition coefficient (Wildman–Crippen LogP) is 5.99. The van der Waals surface area contributed by atoms with Crippen LogP contribution >= 0.6 is 39.1 Å². The van der Waals surface area contributed by atoms with Gasteiger partial charge in [-0.2, -0.15) is 0 Å². The van der Waals surface area contributed by atoms with Crippen molar-refractivity contribution in [1.82, 2.24) is 4.90 Å². The largest absolute Gasteiger partial charge is 0.326 e. The highest BCUT2D eigenvalue weighted by Gasteiger charge is 2.72. The Balaban J connectivity index is 1.32. The van der Waals surface area contributed by atoms with Crippen molar-refractivity contribution in [2.24, 2.45) is 11.8 Å². The van der Waals surface area contributed by atoms with Crippen molar-refractivity contribution >= 4 is 62.5 Å². The van der Waals surface area contributed by atoms with Gasteiger partial charge in [-0.15, -0.1) is 23.2 Å². The molecule has 0 unspecified atom stereocenters. The van der Waals surface area contributed by atoms with E-state index in [0.29, 0.717) is 5.69 Å². The molecule has 3 amide bonds. The number of alkyl halides is 2. The number of nitrogens with zero attached hydrogens (tertiary/aromatic N) is 1. The summed E-state index contributed by atoms with van der Waals surface area (Å²) in [5.74, 6) is -2.77. The van der Waals surface area contributed by atoms with Gasteiger partial charge in [-0.05, 0) is 59.4 Å². The number of rotatable bonds is 4. The molecule has 1 N–H and O–H groups in total. The van der Waals surface area contributed by atoms with Crippen LogP contribution in [0.3, 0.4) is 0 Å². The second-order valence-corrected chi connectivity index (χ2v) is 12.1. The lowest BCUT2D eigenvalue weighted by molar-refractivity contribution is -0.140. The molecule has 1 saturated heterocycles. The van der Waals surface area contributed by atoms with Crippen LogP contribution in [0.4, 0.5) is 5.69 Å². The third kappa shape index (κ3) is 3.25. The van der Waals surface area contributed by atoms with Crippen molar-refractivity contribution in [3.8, 4) is 0 Å². The van der Waals surface area contributed by atoms with Crippen molar-refractivity contribution in [3.05, 3.63) is 98.5 Å². The summed E-state index contributed by atoms with van der Waals surface area (Å²) >= 11 is 18.3. The normalized spacial score (nSPS) is 27.1. The van der Waals surface area contributed by atoms with Gasteiger partial charge in [-0.25, -0.2) is 0 Å². The van der Waals surface area contributed by atoms with Crippen molar-refractivity contribution in [2.45, 2.75) is 30.0 Å². The molecule has 1 fully saturated rings. The highest BCUT2D eigenvalue weighted by Crippen LogP contribution is 2.69. The monoisotopic (exact) mass is 596 g/mol. The van der Waals surface area contributed by atoms with Crippen molar-refractivity contribution in [3.63, 3.8) is 0 Å². The zero-order chi connectivity index (χ0) is 26.3. The molecule has 2 bridgehead atoms. The van der Waals surface area contributed by atoms with Gasteiger partial charge < -0.3 is 5.32 Å². The smallest absolute Gasteiger partial charge is 0.235 e. The first-order valence-electron chi connectivity index (χ1n) is 12.1. The van der Waals surface area contributed by atoms with E-state index in [1.807, 2.05) is 74.5 Å². The summed E-state index contributed by atoms with van der Waals surface area (Å²) in [6.07, 6.45) is -0.0318. The Hall–Kier alpha value is -2.67. The Morgan fingerprint density at radius 2 is 1.32 bits per heavy atom. The van der Waals surface area contributed by atoms with Gasteiger partial charge in [-0.3, -0.25) is 19.3 Å².